The number of carbonyl (C=O) groups is 1. The fourth-order valence-corrected chi connectivity index (χ4v) is 1.53. The van der Waals surface area contributed by atoms with Gasteiger partial charge in [0.1, 0.15) is 6.61 Å². The monoisotopic (exact) mass is 143 g/mol. The molecule has 1 atom stereocenters. The molecular weight excluding hydrogens is 138 g/mol. The lowest BCUT2D eigenvalue weighted by Gasteiger charge is -1.98. The maximum atomic E-state index is 10.6. The van der Waals surface area contributed by atoms with E-state index in [0.717, 1.165) is 16.7 Å². The van der Waals surface area contributed by atoms with Gasteiger partial charge in [0.25, 0.3) is 5.24 Å². The molecule has 2 aliphatic rings. The van der Waals surface area contributed by atoms with Crippen LogP contribution in [0, 0.1) is 0 Å². The predicted octanol–water partition coefficient (Wildman–Crippen LogP) is 0.683. The molecule has 1 unspecified atom stereocenters. The summed E-state index contributed by atoms with van der Waals surface area (Å²) in [6, 6.07) is 0. The molecule has 0 saturated carbocycles. The molecule has 1 amide bonds. The van der Waals surface area contributed by atoms with Gasteiger partial charge in [0.2, 0.25) is 0 Å². The zero-order valence-corrected chi connectivity index (χ0v) is 5.46. The van der Waals surface area contributed by atoms with E-state index in [2.05, 4.69) is 11.9 Å². The molecule has 0 aromatic heterocycles. The SMILES string of the molecule is C=C1SC(=O)NC12CO2. The molecular formula is C5H5NO2S. The van der Waals surface area contributed by atoms with Crippen LogP contribution in [0.4, 0.5) is 4.79 Å². The highest BCUT2D eigenvalue weighted by Gasteiger charge is 2.54. The normalized spacial score (nSPS) is 39.6. The van der Waals surface area contributed by atoms with Crippen LogP contribution in [0.1, 0.15) is 0 Å². The number of hydrogen-bond donors (Lipinski definition) is 1. The second kappa shape index (κ2) is 1.33. The Morgan fingerprint density at radius 1 is 1.89 bits per heavy atom. The first-order valence-electron chi connectivity index (χ1n) is 2.56. The van der Waals surface area contributed by atoms with Crippen molar-refractivity contribution in [3.63, 3.8) is 0 Å². The Morgan fingerprint density at radius 2 is 2.56 bits per heavy atom. The third-order valence-corrected chi connectivity index (χ3v) is 2.27. The third kappa shape index (κ3) is 0.601. The fraction of sp³-hybridized carbons (Fsp3) is 0.400. The lowest BCUT2D eigenvalue weighted by Crippen LogP contribution is -2.28. The van der Waals surface area contributed by atoms with E-state index in [1.165, 1.54) is 0 Å². The minimum absolute atomic E-state index is 0.0579. The van der Waals surface area contributed by atoms with Crippen molar-refractivity contribution in [2.75, 3.05) is 6.61 Å². The molecule has 48 valence electrons. The van der Waals surface area contributed by atoms with E-state index >= 15 is 0 Å². The van der Waals surface area contributed by atoms with E-state index in [9.17, 15) is 4.79 Å². The average Bonchev–Trinajstić information content (AvgIpc) is 2.42. The summed E-state index contributed by atoms with van der Waals surface area (Å²) in [6.45, 7) is 4.26. The van der Waals surface area contributed by atoms with Crippen molar-refractivity contribution in [2.45, 2.75) is 5.72 Å². The zero-order chi connectivity index (χ0) is 6.48. The van der Waals surface area contributed by atoms with Gasteiger partial charge in [-0.25, -0.2) is 0 Å². The second-order valence-corrected chi connectivity index (χ2v) is 3.12. The standard InChI is InChI=1S/C5H5NO2S/c1-3-5(2-8-5)6-4(7)9-3/h1-2H2,(H,6,7). The molecule has 2 aliphatic heterocycles. The summed E-state index contributed by atoms with van der Waals surface area (Å²) in [5, 5.41) is 2.60. The molecule has 2 rings (SSSR count). The van der Waals surface area contributed by atoms with Crippen molar-refractivity contribution in [3.8, 4) is 0 Å². The van der Waals surface area contributed by atoms with Crippen LogP contribution in [0.3, 0.4) is 0 Å². The summed E-state index contributed by atoms with van der Waals surface area (Å²) in [7, 11) is 0. The molecule has 1 N–H and O–H groups in total. The number of carbonyl (C=O) groups excluding carboxylic acids is 1. The van der Waals surface area contributed by atoms with Crippen molar-refractivity contribution >= 4 is 17.0 Å². The van der Waals surface area contributed by atoms with E-state index < -0.39 is 5.72 Å². The minimum Gasteiger partial charge on any atom is -0.343 e. The minimum atomic E-state index is -0.457. The first-order chi connectivity index (χ1) is 4.23. The molecule has 4 heteroatoms. The van der Waals surface area contributed by atoms with Crippen LogP contribution in [-0.4, -0.2) is 17.6 Å². The second-order valence-electron chi connectivity index (χ2n) is 2.05. The van der Waals surface area contributed by atoms with E-state index in [0.29, 0.717) is 6.61 Å². The number of rotatable bonds is 0. The summed E-state index contributed by atoms with van der Waals surface area (Å²) in [4.78, 5) is 11.4. The lowest BCUT2D eigenvalue weighted by molar-refractivity contribution is 0.249. The van der Waals surface area contributed by atoms with Crippen LogP contribution >= 0.6 is 11.8 Å². The van der Waals surface area contributed by atoms with Gasteiger partial charge >= 0.3 is 0 Å². The van der Waals surface area contributed by atoms with Crippen molar-refractivity contribution in [3.05, 3.63) is 11.5 Å². The smallest absolute Gasteiger partial charge is 0.286 e. The van der Waals surface area contributed by atoms with Gasteiger partial charge in [-0.1, -0.05) is 6.58 Å². The first-order valence-corrected chi connectivity index (χ1v) is 3.38. The topological polar surface area (TPSA) is 41.6 Å². The van der Waals surface area contributed by atoms with E-state index in [1.807, 2.05) is 0 Å². The van der Waals surface area contributed by atoms with Crippen LogP contribution in [-0.2, 0) is 4.74 Å². The van der Waals surface area contributed by atoms with Crippen LogP contribution in [0.15, 0.2) is 11.5 Å². The summed E-state index contributed by atoms with van der Waals surface area (Å²) in [5.74, 6) is 0. The van der Waals surface area contributed by atoms with Crippen molar-refractivity contribution < 1.29 is 9.53 Å². The maximum Gasteiger partial charge on any atom is 0.286 e. The first kappa shape index (κ1) is 5.32. The number of ether oxygens (including phenoxy) is 1. The fourth-order valence-electron chi connectivity index (χ4n) is 0.760. The van der Waals surface area contributed by atoms with Crippen LogP contribution in [0.25, 0.3) is 0 Å². The summed E-state index contributed by atoms with van der Waals surface area (Å²) in [5.41, 5.74) is -0.457. The van der Waals surface area contributed by atoms with Crippen molar-refractivity contribution in [1.29, 1.82) is 0 Å². The quantitative estimate of drug-likeness (QED) is 0.507. The molecule has 0 radical (unpaired) electrons. The summed E-state index contributed by atoms with van der Waals surface area (Å²) >= 11 is 1.12. The Kier molecular flexibility index (Phi) is 0.784. The molecule has 0 aliphatic carbocycles. The zero-order valence-electron chi connectivity index (χ0n) is 4.64. The molecule has 0 aromatic rings. The number of nitrogens with one attached hydrogen (secondary N) is 1. The van der Waals surface area contributed by atoms with Gasteiger partial charge < -0.3 is 10.1 Å². The van der Waals surface area contributed by atoms with Gasteiger partial charge in [-0.15, -0.1) is 0 Å². The van der Waals surface area contributed by atoms with Gasteiger partial charge in [-0.3, -0.25) is 4.79 Å². The number of hydrogen-bond acceptors (Lipinski definition) is 3. The van der Waals surface area contributed by atoms with Crippen LogP contribution < -0.4 is 5.32 Å². The van der Waals surface area contributed by atoms with Crippen LogP contribution in [0.2, 0.25) is 0 Å². The Bertz CT molecular complexity index is 197. The number of epoxide rings is 1. The third-order valence-electron chi connectivity index (χ3n) is 1.40. The maximum absolute atomic E-state index is 10.6. The highest BCUT2D eigenvalue weighted by Crippen LogP contribution is 2.43. The molecule has 0 aromatic carbocycles. The Balaban J connectivity index is 2.28. The van der Waals surface area contributed by atoms with E-state index in [-0.39, 0.29) is 5.24 Å². The number of amides is 1. The van der Waals surface area contributed by atoms with E-state index in [4.69, 9.17) is 4.74 Å². The van der Waals surface area contributed by atoms with Crippen molar-refractivity contribution in [2.24, 2.45) is 0 Å². The molecule has 1 spiro atoms. The van der Waals surface area contributed by atoms with Gasteiger partial charge in [0.05, 0.1) is 0 Å². The molecule has 2 heterocycles. The van der Waals surface area contributed by atoms with Crippen LogP contribution in [0.5, 0.6) is 0 Å². The van der Waals surface area contributed by atoms with Gasteiger partial charge in [-0.05, 0) is 11.8 Å². The van der Waals surface area contributed by atoms with Crippen molar-refractivity contribution in [1.82, 2.24) is 5.32 Å². The number of thioether (sulfide) groups is 1. The highest BCUT2D eigenvalue weighted by molar-refractivity contribution is 8.17. The average molecular weight is 143 g/mol. The molecule has 0 bridgehead atoms. The highest BCUT2D eigenvalue weighted by atomic mass is 32.2. The molecule has 2 fully saturated rings. The Morgan fingerprint density at radius 3 is 2.78 bits per heavy atom. The summed E-state index contributed by atoms with van der Waals surface area (Å²) < 4.78 is 4.99. The lowest BCUT2D eigenvalue weighted by atomic mass is 10.3. The molecule has 2 saturated heterocycles. The van der Waals surface area contributed by atoms with E-state index in [1.54, 1.807) is 0 Å². The predicted molar refractivity (Wildman–Crippen MR) is 33.9 cm³/mol. The van der Waals surface area contributed by atoms with Gasteiger partial charge in [-0.2, -0.15) is 0 Å². The Hall–Kier alpha value is -0.480. The molecule has 9 heavy (non-hydrogen) atoms. The Labute approximate surface area is 56.4 Å². The molecule has 3 nitrogen and oxygen atoms in total. The van der Waals surface area contributed by atoms with Gasteiger partial charge in [0, 0.05) is 4.91 Å². The van der Waals surface area contributed by atoms with Gasteiger partial charge in [0.15, 0.2) is 5.72 Å². The largest absolute Gasteiger partial charge is 0.343 e. The summed E-state index contributed by atoms with van der Waals surface area (Å²) in [6.07, 6.45) is 0.